The van der Waals surface area contributed by atoms with Gasteiger partial charge in [0.15, 0.2) is 12.1 Å². The molecule has 1 aromatic carbocycles. The molecule has 0 amide bonds. The van der Waals surface area contributed by atoms with Crippen LogP contribution in [0.3, 0.4) is 0 Å². The Bertz CT molecular complexity index is 413. The van der Waals surface area contributed by atoms with Gasteiger partial charge in [-0.1, -0.05) is 0 Å². The lowest BCUT2D eigenvalue weighted by atomic mass is 10.0. The maximum absolute atomic E-state index is 12.5. The number of carbonyl (C=O) groups is 2. The largest absolute Gasteiger partial charge is 0.507 e. The zero-order valence-corrected chi connectivity index (χ0v) is 7.83. The fraction of sp³-hybridized carbons (Fsp3) is 0.200. The molecule has 0 spiro atoms. The van der Waals surface area contributed by atoms with Crippen molar-refractivity contribution in [3.05, 3.63) is 28.8 Å². The quantitative estimate of drug-likeness (QED) is 0.620. The number of phenolic OH excluding ortho intramolecular Hbond substituents is 1. The summed E-state index contributed by atoms with van der Waals surface area (Å²) in [6.45, 7) is 1.11. The van der Waals surface area contributed by atoms with Gasteiger partial charge in [0, 0.05) is 11.1 Å². The van der Waals surface area contributed by atoms with E-state index in [0.29, 0.717) is 0 Å². The topological polar surface area (TPSA) is 54.4 Å². The molecule has 0 aliphatic rings. The molecule has 5 heteroatoms. The van der Waals surface area contributed by atoms with E-state index in [0.717, 1.165) is 19.1 Å². The molecule has 0 bridgehead atoms. The van der Waals surface area contributed by atoms with Gasteiger partial charge < -0.3 is 5.11 Å². The van der Waals surface area contributed by atoms with E-state index in [1.165, 1.54) is 0 Å². The van der Waals surface area contributed by atoms with Gasteiger partial charge in [0.25, 0.3) is 6.43 Å². The fourth-order valence-electron chi connectivity index (χ4n) is 1.20. The molecule has 0 fully saturated rings. The molecule has 1 N–H and O–H groups in total. The summed E-state index contributed by atoms with van der Waals surface area (Å²) >= 11 is 0. The number of hydrogen-bond acceptors (Lipinski definition) is 3. The Morgan fingerprint density at radius 3 is 2.47 bits per heavy atom. The molecule has 0 radical (unpaired) electrons. The summed E-state index contributed by atoms with van der Waals surface area (Å²) in [5.74, 6) is -1.06. The van der Waals surface area contributed by atoms with Gasteiger partial charge in [-0.3, -0.25) is 9.59 Å². The van der Waals surface area contributed by atoms with Crippen LogP contribution in [0.4, 0.5) is 8.78 Å². The molecule has 1 rings (SSSR count). The van der Waals surface area contributed by atoms with Crippen LogP contribution in [0.2, 0.25) is 0 Å². The molecule has 15 heavy (non-hydrogen) atoms. The maximum atomic E-state index is 12.5. The monoisotopic (exact) mass is 214 g/mol. The van der Waals surface area contributed by atoms with E-state index in [1.807, 2.05) is 0 Å². The maximum Gasteiger partial charge on any atom is 0.264 e. The first-order chi connectivity index (χ1) is 6.97. The third-order valence-electron chi connectivity index (χ3n) is 1.94. The lowest BCUT2D eigenvalue weighted by Gasteiger charge is -2.08. The number of halogens is 2. The number of rotatable bonds is 3. The van der Waals surface area contributed by atoms with Crippen molar-refractivity contribution >= 4 is 12.1 Å². The van der Waals surface area contributed by atoms with Crippen molar-refractivity contribution in [3.8, 4) is 5.75 Å². The zero-order chi connectivity index (χ0) is 11.6. The molecule has 0 atom stereocenters. The summed E-state index contributed by atoms with van der Waals surface area (Å²) in [5, 5.41) is 9.22. The van der Waals surface area contributed by atoms with Crippen LogP contribution in [0.25, 0.3) is 0 Å². The summed E-state index contributed by atoms with van der Waals surface area (Å²) in [6.07, 6.45) is -2.60. The highest BCUT2D eigenvalue weighted by molar-refractivity contribution is 5.97. The van der Waals surface area contributed by atoms with E-state index in [4.69, 9.17) is 0 Å². The molecule has 0 aromatic heterocycles. The SMILES string of the molecule is CC(=O)c1cc(O)c(C=O)cc1C(F)F. The number of phenols is 1. The van der Waals surface area contributed by atoms with E-state index in [2.05, 4.69) is 0 Å². The number of carbonyl (C=O) groups excluding carboxylic acids is 2. The number of alkyl halides is 2. The molecule has 0 saturated heterocycles. The normalized spacial score (nSPS) is 10.4. The van der Waals surface area contributed by atoms with Gasteiger partial charge in [0.1, 0.15) is 5.75 Å². The van der Waals surface area contributed by atoms with Crippen LogP contribution in [-0.2, 0) is 0 Å². The Labute approximate surface area is 84.3 Å². The Kier molecular flexibility index (Phi) is 3.14. The summed E-state index contributed by atoms with van der Waals surface area (Å²) in [5.41, 5.74) is -1.06. The third-order valence-corrected chi connectivity index (χ3v) is 1.94. The van der Waals surface area contributed by atoms with Gasteiger partial charge in [0.05, 0.1) is 5.56 Å². The van der Waals surface area contributed by atoms with Gasteiger partial charge in [0.2, 0.25) is 0 Å². The van der Waals surface area contributed by atoms with Crippen LogP contribution in [-0.4, -0.2) is 17.2 Å². The highest BCUT2D eigenvalue weighted by Crippen LogP contribution is 2.29. The number of Topliss-reactive ketones (excluding diaryl/α,β-unsaturated/α-hetero) is 1. The van der Waals surface area contributed by atoms with Crippen LogP contribution in [0.15, 0.2) is 12.1 Å². The molecule has 0 aliphatic carbocycles. The van der Waals surface area contributed by atoms with Gasteiger partial charge in [-0.05, 0) is 19.1 Å². The van der Waals surface area contributed by atoms with Crippen molar-refractivity contribution in [2.24, 2.45) is 0 Å². The van der Waals surface area contributed by atoms with Crippen molar-refractivity contribution in [1.29, 1.82) is 0 Å². The zero-order valence-electron chi connectivity index (χ0n) is 7.83. The smallest absolute Gasteiger partial charge is 0.264 e. The van der Waals surface area contributed by atoms with Crippen molar-refractivity contribution < 1.29 is 23.5 Å². The fourth-order valence-corrected chi connectivity index (χ4v) is 1.20. The first-order valence-electron chi connectivity index (χ1n) is 4.08. The lowest BCUT2D eigenvalue weighted by Crippen LogP contribution is -2.01. The molecular formula is C10H8F2O3. The minimum Gasteiger partial charge on any atom is -0.507 e. The Balaban J connectivity index is 3.45. The van der Waals surface area contributed by atoms with Crippen LogP contribution >= 0.6 is 0 Å². The molecule has 0 unspecified atom stereocenters. The van der Waals surface area contributed by atoms with Crippen LogP contribution in [0, 0.1) is 0 Å². The molecule has 0 saturated carbocycles. The van der Waals surface area contributed by atoms with Crippen molar-refractivity contribution in [2.75, 3.05) is 0 Å². The second-order valence-corrected chi connectivity index (χ2v) is 2.97. The number of aromatic hydroxyl groups is 1. The van der Waals surface area contributed by atoms with Crippen molar-refractivity contribution in [1.82, 2.24) is 0 Å². The van der Waals surface area contributed by atoms with Crippen LogP contribution in [0.1, 0.15) is 39.6 Å². The van der Waals surface area contributed by atoms with Crippen LogP contribution in [0.5, 0.6) is 5.75 Å². The van der Waals surface area contributed by atoms with E-state index in [9.17, 15) is 23.5 Å². The predicted octanol–water partition coefficient (Wildman–Crippen LogP) is 2.34. The number of benzene rings is 1. The average Bonchev–Trinajstić information content (AvgIpc) is 2.16. The average molecular weight is 214 g/mol. The van der Waals surface area contributed by atoms with Crippen LogP contribution < -0.4 is 0 Å². The molecule has 1 aromatic rings. The predicted molar refractivity (Wildman–Crippen MR) is 48.5 cm³/mol. The van der Waals surface area contributed by atoms with Gasteiger partial charge in [-0.15, -0.1) is 0 Å². The highest BCUT2D eigenvalue weighted by atomic mass is 19.3. The Morgan fingerprint density at radius 2 is 2.07 bits per heavy atom. The van der Waals surface area contributed by atoms with E-state index in [1.54, 1.807) is 0 Å². The summed E-state index contributed by atoms with van der Waals surface area (Å²) in [4.78, 5) is 21.4. The number of ketones is 1. The second-order valence-electron chi connectivity index (χ2n) is 2.97. The molecular weight excluding hydrogens is 206 g/mol. The lowest BCUT2D eigenvalue weighted by molar-refractivity contribution is 0.0996. The minimum absolute atomic E-state index is 0.254. The molecule has 3 nitrogen and oxygen atoms in total. The summed E-state index contributed by atoms with van der Waals surface area (Å²) < 4.78 is 25.0. The first kappa shape index (κ1) is 11.3. The molecule has 80 valence electrons. The Hall–Kier alpha value is -1.78. The van der Waals surface area contributed by atoms with E-state index >= 15 is 0 Å². The van der Waals surface area contributed by atoms with Crippen molar-refractivity contribution in [2.45, 2.75) is 13.3 Å². The number of aldehydes is 1. The van der Waals surface area contributed by atoms with E-state index in [-0.39, 0.29) is 17.4 Å². The van der Waals surface area contributed by atoms with E-state index < -0.39 is 23.5 Å². The number of hydrogen-bond donors (Lipinski definition) is 1. The molecule has 0 heterocycles. The second kappa shape index (κ2) is 4.16. The highest BCUT2D eigenvalue weighted by Gasteiger charge is 2.18. The molecule has 0 aliphatic heterocycles. The summed E-state index contributed by atoms with van der Waals surface area (Å²) in [6, 6.07) is 1.71. The van der Waals surface area contributed by atoms with Crippen molar-refractivity contribution in [3.63, 3.8) is 0 Å². The van der Waals surface area contributed by atoms with Gasteiger partial charge in [-0.25, -0.2) is 8.78 Å². The van der Waals surface area contributed by atoms with Gasteiger partial charge >= 0.3 is 0 Å². The summed E-state index contributed by atoms with van der Waals surface area (Å²) in [7, 11) is 0. The minimum atomic E-state index is -2.86. The Morgan fingerprint density at radius 1 is 1.47 bits per heavy atom. The third kappa shape index (κ3) is 2.18. The standard InChI is InChI=1S/C10H8F2O3/c1-5(14)7-3-9(15)6(4-13)2-8(7)10(11)12/h2-4,10,15H,1H3. The van der Waals surface area contributed by atoms with Gasteiger partial charge in [-0.2, -0.15) is 0 Å². The first-order valence-corrected chi connectivity index (χ1v) is 4.08.